The molecule has 0 fully saturated rings. The molecule has 0 aliphatic carbocycles. The van der Waals surface area contributed by atoms with E-state index >= 15 is 0 Å². The van der Waals surface area contributed by atoms with Gasteiger partial charge in [0.25, 0.3) is 0 Å². The number of rotatable bonds is 11. The van der Waals surface area contributed by atoms with Gasteiger partial charge in [-0.05, 0) is 60.9 Å². The second-order valence-electron chi connectivity index (χ2n) is 9.82. The average Bonchev–Trinajstić information content (AvgIpc) is 2.95. The van der Waals surface area contributed by atoms with Crippen molar-refractivity contribution in [1.82, 2.24) is 10.6 Å². The summed E-state index contributed by atoms with van der Waals surface area (Å²) >= 11 is 0. The molecule has 0 aliphatic heterocycles. The number of nitrogens with two attached hydrogens (primary N) is 2. The van der Waals surface area contributed by atoms with Crippen LogP contribution in [-0.2, 0) is 0 Å². The van der Waals surface area contributed by atoms with E-state index in [9.17, 15) is 9.18 Å². The third-order valence-corrected chi connectivity index (χ3v) is 6.78. The van der Waals surface area contributed by atoms with Crippen LogP contribution < -0.4 is 27.5 Å². The predicted octanol–water partition coefficient (Wildman–Crippen LogP) is 5.85. The fourth-order valence-electron chi connectivity index (χ4n) is 4.65. The van der Waals surface area contributed by atoms with Crippen molar-refractivity contribution < 1.29 is 8.81 Å². The lowest BCUT2D eigenvalue weighted by Gasteiger charge is -2.23. The summed E-state index contributed by atoms with van der Waals surface area (Å²) in [4.78, 5) is 13.6. The Labute approximate surface area is 243 Å². The lowest BCUT2D eigenvalue weighted by Crippen LogP contribution is -2.39. The topological polar surface area (TPSA) is 154 Å². The second kappa shape index (κ2) is 12.5. The highest BCUT2D eigenvalue weighted by Gasteiger charge is 2.23. The number of fused-ring (bicyclic) bond motifs is 1. The van der Waals surface area contributed by atoms with E-state index in [-0.39, 0.29) is 22.6 Å². The van der Waals surface area contributed by atoms with E-state index in [1.54, 1.807) is 67.7 Å². The van der Waals surface area contributed by atoms with Crippen LogP contribution in [0.25, 0.3) is 27.7 Å². The maximum atomic E-state index is 14.2. The van der Waals surface area contributed by atoms with Crippen LogP contribution in [0.15, 0.2) is 107 Å². The van der Waals surface area contributed by atoms with Crippen LogP contribution >= 0.6 is 0 Å². The molecule has 9 heteroatoms. The molecule has 2 atom stereocenters. The van der Waals surface area contributed by atoms with E-state index in [0.717, 1.165) is 0 Å². The van der Waals surface area contributed by atoms with Gasteiger partial charge in [0, 0.05) is 28.7 Å². The number of halogens is 1. The van der Waals surface area contributed by atoms with Crippen LogP contribution in [0.4, 0.5) is 10.1 Å². The molecule has 1 aromatic heterocycles. The molecule has 0 saturated heterocycles. The molecule has 0 spiro atoms. The first kappa shape index (κ1) is 29.7. The van der Waals surface area contributed by atoms with Crippen molar-refractivity contribution in [2.24, 2.45) is 5.73 Å². The third kappa shape index (κ3) is 6.21. The number of para-hydroxylation sites is 1. The van der Waals surface area contributed by atoms with Crippen LogP contribution in [0, 0.1) is 16.6 Å². The Bertz CT molecular complexity index is 1810. The van der Waals surface area contributed by atoms with Crippen molar-refractivity contribution in [3.63, 3.8) is 0 Å². The molecule has 8 N–H and O–H groups in total. The first-order valence-electron chi connectivity index (χ1n) is 13.2. The van der Waals surface area contributed by atoms with Gasteiger partial charge in [-0.25, -0.2) is 4.39 Å². The van der Waals surface area contributed by atoms with Gasteiger partial charge >= 0.3 is 0 Å². The van der Waals surface area contributed by atoms with E-state index in [4.69, 9.17) is 26.7 Å². The number of amidine groups is 1. The molecule has 2 unspecified atom stereocenters. The average molecular weight is 565 g/mol. The largest absolute Gasteiger partial charge is 0.458 e. The van der Waals surface area contributed by atoms with E-state index in [1.807, 2.05) is 6.92 Å². The zero-order chi connectivity index (χ0) is 30.6. The molecule has 42 heavy (non-hydrogen) atoms. The first-order valence-corrected chi connectivity index (χ1v) is 13.2. The number of nitrogen functional groups attached to an aromatic ring is 1. The summed E-state index contributed by atoms with van der Waals surface area (Å²) < 4.78 is 20.4. The Kier molecular flexibility index (Phi) is 8.83. The summed E-state index contributed by atoms with van der Waals surface area (Å²) in [5.41, 5.74) is 15.6. The smallest absolute Gasteiger partial charge is 0.200 e. The van der Waals surface area contributed by atoms with Crippen LogP contribution in [0.2, 0.25) is 0 Å². The molecule has 0 saturated carbocycles. The van der Waals surface area contributed by atoms with Crippen molar-refractivity contribution in [2.45, 2.75) is 26.1 Å². The van der Waals surface area contributed by atoms with Crippen molar-refractivity contribution in [2.75, 3.05) is 5.73 Å². The van der Waals surface area contributed by atoms with Crippen molar-refractivity contribution in [3.8, 4) is 11.1 Å². The van der Waals surface area contributed by atoms with Crippen LogP contribution in [0.5, 0.6) is 0 Å². The number of hydrogen-bond donors (Lipinski definition) is 6. The summed E-state index contributed by atoms with van der Waals surface area (Å²) in [6, 6.07) is 17.2. The quantitative estimate of drug-likeness (QED) is 0.0335. The van der Waals surface area contributed by atoms with Gasteiger partial charge in [0.15, 0.2) is 0 Å². The second-order valence-corrected chi connectivity index (χ2v) is 9.82. The zero-order valence-electron chi connectivity index (χ0n) is 23.4. The summed E-state index contributed by atoms with van der Waals surface area (Å²) in [5, 5.41) is 22.8. The summed E-state index contributed by atoms with van der Waals surface area (Å²) in [5.74, 6) is -0.402. The molecule has 4 rings (SSSR count). The summed E-state index contributed by atoms with van der Waals surface area (Å²) in [6.07, 6.45) is 2.72. The molecule has 4 aromatic rings. The van der Waals surface area contributed by atoms with Gasteiger partial charge < -0.3 is 26.6 Å². The van der Waals surface area contributed by atoms with E-state index in [2.05, 4.69) is 23.8 Å². The number of nitrogens with one attached hydrogen (secondary N) is 4. The lowest BCUT2D eigenvalue weighted by molar-refractivity contribution is 0.414. The molecule has 0 aliphatic rings. The minimum Gasteiger partial charge on any atom is -0.458 e. The normalized spacial score (nSPS) is 12.9. The molecule has 3 aromatic carbocycles. The van der Waals surface area contributed by atoms with Gasteiger partial charge in [0.05, 0.1) is 23.2 Å². The summed E-state index contributed by atoms with van der Waals surface area (Å²) in [6.45, 7) is 11.5. The molecule has 8 nitrogen and oxygen atoms in total. The molecule has 0 amide bonds. The van der Waals surface area contributed by atoms with Gasteiger partial charge in [-0.3, -0.25) is 15.5 Å². The van der Waals surface area contributed by atoms with Gasteiger partial charge in [0.2, 0.25) is 5.43 Å². The first-order chi connectivity index (χ1) is 20.0. The minimum atomic E-state index is -0.655. The Morgan fingerprint density at radius 2 is 1.83 bits per heavy atom. The van der Waals surface area contributed by atoms with E-state index in [1.165, 1.54) is 18.2 Å². The third-order valence-electron chi connectivity index (χ3n) is 6.78. The fourth-order valence-corrected chi connectivity index (χ4v) is 4.65. The summed E-state index contributed by atoms with van der Waals surface area (Å²) in [7, 11) is 0. The SMILES string of the molecule is C=CC(NC(C)N/C=C(/C(=C)c1ccc(C(C)=N)c(N)c1)C(=N)N)c1oc2ccccc2c(=O)c1-c1cccc(F)c1. The Morgan fingerprint density at radius 3 is 2.48 bits per heavy atom. The molecule has 214 valence electrons. The van der Waals surface area contributed by atoms with Crippen molar-refractivity contribution >= 4 is 33.8 Å². The molecular formula is C33H33FN6O2. The zero-order valence-corrected chi connectivity index (χ0v) is 23.4. The van der Waals surface area contributed by atoms with Gasteiger partial charge in [-0.1, -0.05) is 49.1 Å². The van der Waals surface area contributed by atoms with Crippen LogP contribution in [0.3, 0.4) is 0 Å². The lowest BCUT2D eigenvalue weighted by atomic mass is 9.96. The van der Waals surface area contributed by atoms with Gasteiger partial charge in [0.1, 0.15) is 23.0 Å². The van der Waals surface area contributed by atoms with Gasteiger partial charge in [-0.2, -0.15) is 0 Å². The Balaban J connectivity index is 1.65. The minimum absolute atomic E-state index is 0.209. The van der Waals surface area contributed by atoms with Crippen molar-refractivity contribution in [3.05, 3.63) is 131 Å². The van der Waals surface area contributed by atoms with Gasteiger partial charge in [-0.15, -0.1) is 6.58 Å². The Hall–Kier alpha value is -5.28. The highest BCUT2D eigenvalue weighted by atomic mass is 19.1. The molecular weight excluding hydrogens is 531 g/mol. The molecule has 0 bridgehead atoms. The number of benzene rings is 3. The van der Waals surface area contributed by atoms with Crippen LogP contribution in [-0.4, -0.2) is 17.7 Å². The Morgan fingerprint density at radius 1 is 1.10 bits per heavy atom. The predicted molar refractivity (Wildman–Crippen MR) is 169 cm³/mol. The van der Waals surface area contributed by atoms with E-state index < -0.39 is 18.0 Å². The highest BCUT2D eigenvalue weighted by Crippen LogP contribution is 2.30. The standard InChI is InChI=1S/C33H33FN6O2/c1-5-28(32-30(22-9-8-10-23(34)15-22)31(41)25-11-6-7-12-29(25)42-32)40-20(4)39-17-26(33(37)38)18(2)21-13-14-24(19(3)35)27(36)16-21/h5-17,20,28,35,39-40H,1-2,36H2,3-4H3,(H3,37,38)/b26-17-,35-19?. The van der Waals surface area contributed by atoms with E-state index in [0.29, 0.717) is 50.2 Å². The maximum absolute atomic E-state index is 14.2. The molecule has 1 heterocycles. The monoisotopic (exact) mass is 564 g/mol. The number of hydrogen-bond acceptors (Lipinski definition) is 7. The number of anilines is 1. The molecule has 0 radical (unpaired) electrons. The fraction of sp³-hybridized carbons (Fsp3) is 0.121. The van der Waals surface area contributed by atoms with Crippen molar-refractivity contribution in [1.29, 1.82) is 10.8 Å². The maximum Gasteiger partial charge on any atom is 0.200 e. The van der Waals surface area contributed by atoms with Crippen LogP contribution in [0.1, 0.15) is 36.8 Å². The highest BCUT2D eigenvalue weighted by molar-refractivity contribution is 6.10.